The number of sulfonamides is 1. The third-order valence-corrected chi connectivity index (χ3v) is 16.7. The van der Waals surface area contributed by atoms with Crippen molar-refractivity contribution in [3.8, 4) is 5.75 Å². The van der Waals surface area contributed by atoms with Gasteiger partial charge in [-0.1, -0.05) is 18.2 Å². The highest BCUT2D eigenvalue weighted by molar-refractivity contribution is 7.89. The molecule has 11 N–H and O–H groups in total. The summed E-state index contributed by atoms with van der Waals surface area (Å²) in [5, 5.41) is 54.6. The number of carboxylic acids is 4. The molecule has 32 nitrogen and oxygen atoms in total. The lowest BCUT2D eigenvalue weighted by atomic mass is 10.0. The molecule has 5 amide bonds. The molecule has 3 heterocycles. The van der Waals surface area contributed by atoms with Crippen molar-refractivity contribution in [1.82, 2.24) is 55.9 Å². The number of anilines is 1. The Bertz CT molecular complexity index is 3050. The number of aliphatic carboxylic acids is 4. The van der Waals surface area contributed by atoms with Crippen molar-refractivity contribution in [3.05, 3.63) is 82.0 Å². The summed E-state index contributed by atoms with van der Waals surface area (Å²) in [6.07, 6.45) is 3.89. The second-order valence-corrected chi connectivity index (χ2v) is 24.3. The van der Waals surface area contributed by atoms with Crippen molar-refractivity contribution in [2.75, 3.05) is 183 Å². The van der Waals surface area contributed by atoms with E-state index in [2.05, 4.69) is 42.7 Å². The minimum absolute atomic E-state index is 0.0357. The number of carbonyl (C=O) groups excluding carboxylic acids is 5. The van der Waals surface area contributed by atoms with E-state index >= 15 is 0 Å². The number of amides is 5. The molecule has 526 valence electrons. The maximum absolute atomic E-state index is 13.5. The van der Waals surface area contributed by atoms with E-state index in [1.807, 2.05) is 11.0 Å². The van der Waals surface area contributed by atoms with Crippen molar-refractivity contribution >= 4 is 69.3 Å². The lowest BCUT2D eigenvalue weighted by molar-refractivity contribution is -0.140. The number of pyridine rings is 1. The van der Waals surface area contributed by atoms with E-state index < -0.39 is 58.3 Å². The van der Waals surface area contributed by atoms with E-state index in [9.17, 15) is 72.0 Å². The van der Waals surface area contributed by atoms with Crippen LogP contribution in [0.15, 0.2) is 53.4 Å². The standard InChI is InChI=1S/C62H92N12O20S/c1-44-35-50(36-45(2)59(44)95(88,89)68-37-51(62(86)87)70-61(85)48-10-7-46(8-11-48)9-13-49-14-12-47-5-3-15-67-60(47)69-49)94-28-4-6-52(75)63-16-17-64-54(77)42-92-33-32-91-30-19-66-55(78)43-93-34-31-90-29-18-65-53(76)38-71-20-22-72(39-56(79)80)24-26-74(41-58(83)84)27-25-73(23-21-71)40-57(81)82/h7-8,10-12,14,35-36,51,68H,3-6,9,13,15-34,37-43H2,1-2H3,(H,63,75)(H,64,77)(H,65,76)(H,66,78)(H,67,69)(H,70,85)(H,79,80)(H,81,82)(H,83,84)(H,86,87)/t51-/m0/s1. The lowest BCUT2D eigenvalue weighted by Crippen LogP contribution is -2.50. The Morgan fingerprint density at radius 1 is 0.579 bits per heavy atom. The largest absolute Gasteiger partial charge is 0.494 e. The van der Waals surface area contributed by atoms with Gasteiger partial charge in [0.15, 0.2) is 0 Å². The van der Waals surface area contributed by atoms with Crippen LogP contribution in [0.25, 0.3) is 0 Å². The van der Waals surface area contributed by atoms with Crippen LogP contribution in [0.4, 0.5) is 5.82 Å². The number of carboxylic acid groups (broad SMARTS) is 4. The second kappa shape index (κ2) is 42.4. The molecule has 1 atom stereocenters. The van der Waals surface area contributed by atoms with Crippen LogP contribution >= 0.6 is 0 Å². The number of nitrogens with zero attached hydrogens (tertiary/aromatic N) is 5. The first-order chi connectivity index (χ1) is 45.5. The number of fused-ring (bicyclic) bond motifs is 1. The van der Waals surface area contributed by atoms with Gasteiger partial charge in [0.2, 0.25) is 33.7 Å². The number of aromatic nitrogens is 1. The molecule has 2 aliphatic heterocycles. The molecule has 0 radical (unpaired) electrons. The molecule has 2 aromatic carbocycles. The summed E-state index contributed by atoms with van der Waals surface area (Å²) in [4.78, 5) is 121. The van der Waals surface area contributed by atoms with E-state index in [4.69, 9.17) is 28.7 Å². The SMILES string of the molecule is Cc1cc(OCCCC(=O)NCCNC(=O)COCCOCCNC(=O)COCCOCCNC(=O)CN2CCN(CC(=O)O)CCN(CC(=O)O)CCN(CC(=O)O)CC2)cc(C)c1S(=O)(=O)NC[C@H](NC(=O)c1ccc(CCc2ccc3c(n2)NCCC3)cc1)C(=O)O. The highest BCUT2D eigenvalue weighted by atomic mass is 32.2. The predicted octanol–water partition coefficient (Wildman–Crippen LogP) is -1.83. The van der Waals surface area contributed by atoms with Crippen LogP contribution in [0.5, 0.6) is 5.75 Å². The fraction of sp³-hybridized carbons (Fsp3) is 0.581. The normalized spacial score (nSPS) is 14.8. The minimum Gasteiger partial charge on any atom is -0.494 e. The molecule has 2 aliphatic rings. The summed E-state index contributed by atoms with van der Waals surface area (Å²) in [5.74, 6) is -5.34. The van der Waals surface area contributed by atoms with Gasteiger partial charge in [-0.15, -0.1) is 0 Å². The molecule has 0 bridgehead atoms. The van der Waals surface area contributed by atoms with E-state index in [1.54, 1.807) is 52.8 Å². The van der Waals surface area contributed by atoms with Crippen LogP contribution in [0, 0.1) is 13.8 Å². The molecule has 0 unspecified atom stereocenters. The first-order valence-corrected chi connectivity index (χ1v) is 33.0. The molecular formula is C62H92N12O20S. The van der Waals surface area contributed by atoms with Crippen LogP contribution in [0.1, 0.15) is 57.6 Å². The molecule has 33 heteroatoms. The maximum atomic E-state index is 13.5. The Labute approximate surface area is 552 Å². The van der Waals surface area contributed by atoms with E-state index in [0.29, 0.717) is 49.2 Å². The highest BCUT2D eigenvalue weighted by Crippen LogP contribution is 2.26. The van der Waals surface area contributed by atoms with E-state index in [-0.39, 0.29) is 186 Å². The van der Waals surface area contributed by atoms with Crippen LogP contribution < -0.4 is 41.4 Å². The molecule has 0 spiro atoms. The van der Waals surface area contributed by atoms with Gasteiger partial charge in [-0.25, -0.2) is 22.9 Å². The number of nitrogens with one attached hydrogen (secondary N) is 7. The first-order valence-electron chi connectivity index (χ1n) is 31.5. The summed E-state index contributed by atoms with van der Waals surface area (Å²) < 4.78 is 56.7. The van der Waals surface area contributed by atoms with Crippen molar-refractivity contribution in [2.45, 2.75) is 63.3 Å². The quantitative estimate of drug-likeness (QED) is 0.0278. The second-order valence-electron chi connectivity index (χ2n) is 22.6. The Balaban J connectivity index is 0.833. The molecule has 0 saturated carbocycles. The fourth-order valence-electron chi connectivity index (χ4n) is 10.1. The number of carbonyl (C=O) groups is 9. The summed E-state index contributed by atoms with van der Waals surface area (Å²) in [6, 6.07) is 12.3. The van der Waals surface area contributed by atoms with Gasteiger partial charge < -0.3 is 76.0 Å². The van der Waals surface area contributed by atoms with Crippen molar-refractivity contribution in [1.29, 1.82) is 0 Å². The van der Waals surface area contributed by atoms with Gasteiger partial charge in [-0.2, -0.15) is 0 Å². The number of ether oxygens (including phenoxy) is 5. The maximum Gasteiger partial charge on any atom is 0.327 e. The van der Waals surface area contributed by atoms with Gasteiger partial charge >= 0.3 is 23.9 Å². The molecule has 1 aromatic heterocycles. The van der Waals surface area contributed by atoms with E-state index in [0.717, 1.165) is 36.5 Å². The number of rotatable bonds is 42. The number of hydrogen-bond donors (Lipinski definition) is 11. The Morgan fingerprint density at radius 3 is 1.60 bits per heavy atom. The summed E-state index contributed by atoms with van der Waals surface area (Å²) in [6.45, 7) is 5.98. The fourth-order valence-corrected chi connectivity index (χ4v) is 11.6. The summed E-state index contributed by atoms with van der Waals surface area (Å²) in [7, 11) is -4.25. The molecule has 1 saturated heterocycles. The van der Waals surface area contributed by atoms with Gasteiger partial charge in [0.1, 0.15) is 30.8 Å². The molecule has 95 heavy (non-hydrogen) atoms. The van der Waals surface area contributed by atoms with Crippen LogP contribution in [0.3, 0.4) is 0 Å². The molecule has 3 aromatic rings. The van der Waals surface area contributed by atoms with Crippen LogP contribution in [-0.4, -0.2) is 290 Å². The number of benzene rings is 2. The van der Waals surface area contributed by atoms with Crippen molar-refractivity contribution in [3.63, 3.8) is 0 Å². The van der Waals surface area contributed by atoms with Gasteiger partial charge in [0.05, 0.1) is 77.3 Å². The van der Waals surface area contributed by atoms with E-state index in [1.165, 1.54) is 17.7 Å². The van der Waals surface area contributed by atoms with Crippen molar-refractivity contribution in [2.24, 2.45) is 0 Å². The minimum atomic E-state index is -4.25. The smallest absolute Gasteiger partial charge is 0.327 e. The first kappa shape index (κ1) is 77.7. The van der Waals surface area contributed by atoms with Gasteiger partial charge in [0.25, 0.3) is 5.91 Å². The summed E-state index contributed by atoms with van der Waals surface area (Å²) in [5.41, 5.74) is 3.99. The predicted molar refractivity (Wildman–Crippen MR) is 344 cm³/mol. The molecule has 1 fully saturated rings. The topological polar surface area (TPSA) is 425 Å². The lowest BCUT2D eigenvalue weighted by Gasteiger charge is -2.32. The molecule has 5 rings (SSSR count). The zero-order valence-corrected chi connectivity index (χ0v) is 54.8. The van der Waals surface area contributed by atoms with Gasteiger partial charge in [-0.05, 0) is 98.5 Å². The Hall–Kier alpha value is -7.99. The van der Waals surface area contributed by atoms with Crippen LogP contribution in [-0.2, 0) is 86.6 Å². The number of hydrogen-bond acceptors (Lipinski definition) is 22. The zero-order valence-electron chi connectivity index (χ0n) is 54.0. The third-order valence-electron chi connectivity index (χ3n) is 14.9. The average molecular weight is 1360 g/mol. The van der Waals surface area contributed by atoms with Crippen LogP contribution in [0.2, 0.25) is 0 Å². The summed E-state index contributed by atoms with van der Waals surface area (Å²) >= 11 is 0. The monoisotopic (exact) mass is 1360 g/mol. The number of aryl methyl sites for hydroxylation is 5. The zero-order chi connectivity index (χ0) is 69.0. The van der Waals surface area contributed by atoms with Gasteiger partial charge in [0, 0.05) is 109 Å². The molecular weight excluding hydrogens is 1260 g/mol. The highest BCUT2D eigenvalue weighted by Gasteiger charge is 2.27. The van der Waals surface area contributed by atoms with Crippen molar-refractivity contribution < 1.29 is 95.7 Å². The third kappa shape index (κ3) is 31.4. The average Bonchev–Trinajstić information content (AvgIpc) is 0.813. The molecule has 0 aliphatic carbocycles. The Kier molecular flexibility index (Phi) is 34.7. The Morgan fingerprint density at radius 2 is 1.07 bits per heavy atom. The van der Waals surface area contributed by atoms with Gasteiger partial charge in [-0.3, -0.25) is 58.0 Å².